The average molecular weight is 322 g/mol. The molecule has 5 heteroatoms. The van der Waals surface area contributed by atoms with Crippen LogP contribution in [0.4, 0.5) is 4.39 Å². The van der Waals surface area contributed by atoms with Crippen molar-refractivity contribution in [1.82, 2.24) is 10.2 Å². The van der Waals surface area contributed by atoms with E-state index in [0.29, 0.717) is 25.9 Å². The highest BCUT2D eigenvalue weighted by Crippen LogP contribution is 2.14. The van der Waals surface area contributed by atoms with Gasteiger partial charge in [-0.05, 0) is 30.5 Å². The zero-order chi connectivity index (χ0) is 17.2. The molecule has 2 amide bonds. The molecule has 0 saturated heterocycles. The van der Waals surface area contributed by atoms with Gasteiger partial charge in [-0.25, -0.2) is 4.39 Å². The van der Waals surface area contributed by atoms with Gasteiger partial charge in [-0.2, -0.15) is 0 Å². The fourth-order valence-electron chi connectivity index (χ4n) is 2.42. The van der Waals surface area contributed by atoms with E-state index in [1.165, 1.54) is 12.1 Å². The highest BCUT2D eigenvalue weighted by atomic mass is 19.1. The number of hydrogen-bond acceptors (Lipinski definition) is 2. The number of carbonyl (C=O) groups excluding carboxylic acids is 2. The van der Waals surface area contributed by atoms with Crippen LogP contribution in [-0.2, 0) is 16.1 Å². The Labute approximate surface area is 138 Å². The number of halogens is 1. The number of carbonyl (C=O) groups is 2. The predicted molar refractivity (Wildman–Crippen MR) is 89.2 cm³/mol. The van der Waals surface area contributed by atoms with Crippen molar-refractivity contribution in [3.8, 4) is 0 Å². The molecule has 0 aromatic heterocycles. The number of rotatable bonds is 9. The summed E-state index contributed by atoms with van der Waals surface area (Å²) >= 11 is 0. The molecule has 23 heavy (non-hydrogen) atoms. The van der Waals surface area contributed by atoms with Crippen molar-refractivity contribution < 1.29 is 14.0 Å². The third-order valence-corrected chi connectivity index (χ3v) is 3.78. The normalized spacial score (nSPS) is 11.8. The molecule has 0 aliphatic carbocycles. The average Bonchev–Trinajstić information content (AvgIpc) is 2.56. The van der Waals surface area contributed by atoms with Crippen molar-refractivity contribution in [2.45, 2.75) is 59.0 Å². The molecule has 0 unspecified atom stereocenters. The predicted octanol–water partition coefficient (Wildman–Crippen LogP) is 3.26. The maximum absolute atomic E-state index is 13.0. The Morgan fingerprint density at radius 1 is 1.17 bits per heavy atom. The van der Waals surface area contributed by atoms with Crippen LogP contribution in [0.25, 0.3) is 0 Å². The van der Waals surface area contributed by atoms with E-state index in [1.807, 2.05) is 6.92 Å². The third-order valence-electron chi connectivity index (χ3n) is 3.78. The van der Waals surface area contributed by atoms with E-state index in [4.69, 9.17) is 0 Å². The first-order valence-corrected chi connectivity index (χ1v) is 8.35. The first kappa shape index (κ1) is 19.1. The lowest BCUT2D eigenvalue weighted by molar-refractivity contribution is -0.141. The molecule has 0 aliphatic rings. The van der Waals surface area contributed by atoms with Crippen molar-refractivity contribution >= 4 is 11.8 Å². The smallest absolute Gasteiger partial charge is 0.242 e. The van der Waals surface area contributed by atoms with Crippen molar-refractivity contribution in [3.05, 3.63) is 35.6 Å². The molecule has 0 saturated carbocycles. The molecule has 1 atom stereocenters. The summed E-state index contributed by atoms with van der Waals surface area (Å²) in [6.45, 7) is 6.67. The molecule has 0 aliphatic heterocycles. The molecule has 0 heterocycles. The minimum atomic E-state index is -0.496. The second kappa shape index (κ2) is 9.98. The summed E-state index contributed by atoms with van der Waals surface area (Å²) in [5.74, 6) is -0.511. The van der Waals surface area contributed by atoms with E-state index in [1.54, 1.807) is 24.0 Å². The highest BCUT2D eigenvalue weighted by molar-refractivity contribution is 5.87. The molecule has 0 spiro atoms. The van der Waals surface area contributed by atoms with Crippen LogP contribution < -0.4 is 5.32 Å². The van der Waals surface area contributed by atoms with E-state index in [-0.39, 0.29) is 17.6 Å². The molecule has 1 aromatic carbocycles. The molecule has 4 nitrogen and oxygen atoms in total. The molecule has 1 aromatic rings. The van der Waals surface area contributed by atoms with Gasteiger partial charge in [-0.3, -0.25) is 9.59 Å². The van der Waals surface area contributed by atoms with Gasteiger partial charge in [0.15, 0.2) is 0 Å². The van der Waals surface area contributed by atoms with Crippen LogP contribution in [0.1, 0.15) is 52.0 Å². The maximum Gasteiger partial charge on any atom is 0.242 e. The second-order valence-electron chi connectivity index (χ2n) is 5.57. The summed E-state index contributed by atoms with van der Waals surface area (Å²) in [5, 5.41) is 2.90. The Balaban J connectivity index is 2.86. The second-order valence-corrected chi connectivity index (χ2v) is 5.57. The molecule has 0 bridgehead atoms. The van der Waals surface area contributed by atoms with E-state index in [9.17, 15) is 14.0 Å². The van der Waals surface area contributed by atoms with Crippen LogP contribution in [-0.4, -0.2) is 29.3 Å². The number of unbranched alkanes of at least 4 members (excludes halogenated alkanes) is 1. The van der Waals surface area contributed by atoms with Gasteiger partial charge in [0.05, 0.1) is 0 Å². The zero-order valence-electron chi connectivity index (χ0n) is 14.3. The SMILES string of the molecule is CCCCNC(=O)[C@@H](CC)N(Cc1ccc(F)cc1)C(=O)CC. The van der Waals surface area contributed by atoms with Gasteiger partial charge in [0.25, 0.3) is 0 Å². The third kappa shape index (κ3) is 6.00. The lowest BCUT2D eigenvalue weighted by atomic mass is 10.1. The van der Waals surface area contributed by atoms with E-state index < -0.39 is 6.04 Å². The van der Waals surface area contributed by atoms with Gasteiger partial charge < -0.3 is 10.2 Å². The molecule has 1 rings (SSSR count). The van der Waals surface area contributed by atoms with Crippen LogP contribution in [0, 0.1) is 5.82 Å². The molecular formula is C18H27FN2O2. The summed E-state index contributed by atoms with van der Waals surface area (Å²) in [6, 6.07) is 5.53. The van der Waals surface area contributed by atoms with Gasteiger partial charge in [0.2, 0.25) is 11.8 Å². The Morgan fingerprint density at radius 2 is 1.83 bits per heavy atom. The van der Waals surface area contributed by atoms with Gasteiger partial charge in [0.1, 0.15) is 11.9 Å². The topological polar surface area (TPSA) is 49.4 Å². The van der Waals surface area contributed by atoms with Crippen LogP contribution in [0.2, 0.25) is 0 Å². The van der Waals surface area contributed by atoms with Crippen molar-refractivity contribution in [1.29, 1.82) is 0 Å². The monoisotopic (exact) mass is 322 g/mol. The summed E-state index contributed by atoms with van der Waals surface area (Å²) in [7, 11) is 0. The van der Waals surface area contributed by atoms with Crippen molar-refractivity contribution in [2.75, 3.05) is 6.54 Å². The minimum absolute atomic E-state index is 0.0770. The van der Waals surface area contributed by atoms with Gasteiger partial charge in [-0.15, -0.1) is 0 Å². The van der Waals surface area contributed by atoms with Crippen LogP contribution in [0.15, 0.2) is 24.3 Å². The van der Waals surface area contributed by atoms with Gasteiger partial charge in [0, 0.05) is 19.5 Å². The zero-order valence-corrected chi connectivity index (χ0v) is 14.3. The van der Waals surface area contributed by atoms with Crippen LogP contribution in [0.5, 0.6) is 0 Å². The number of amides is 2. The lowest BCUT2D eigenvalue weighted by Crippen LogP contribution is -2.49. The number of hydrogen-bond donors (Lipinski definition) is 1. The van der Waals surface area contributed by atoms with E-state index in [0.717, 1.165) is 18.4 Å². The molecular weight excluding hydrogens is 295 g/mol. The highest BCUT2D eigenvalue weighted by Gasteiger charge is 2.27. The Bertz CT molecular complexity index is 502. The first-order chi connectivity index (χ1) is 11.0. The fraction of sp³-hybridized carbons (Fsp3) is 0.556. The maximum atomic E-state index is 13.0. The van der Waals surface area contributed by atoms with E-state index in [2.05, 4.69) is 12.2 Å². The number of nitrogens with zero attached hydrogens (tertiary/aromatic N) is 1. The van der Waals surface area contributed by atoms with Crippen LogP contribution >= 0.6 is 0 Å². The van der Waals surface area contributed by atoms with Crippen LogP contribution in [0.3, 0.4) is 0 Å². The van der Waals surface area contributed by atoms with Gasteiger partial charge >= 0.3 is 0 Å². The quantitative estimate of drug-likeness (QED) is 0.710. The molecule has 0 fully saturated rings. The largest absolute Gasteiger partial charge is 0.354 e. The molecule has 0 radical (unpaired) electrons. The fourth-order valence-corrected chi connectivity index (χ4v) is 2.42. The summed E-state index contributed by atoms with van der Waals surface area (Å²) in [5.41, 5.74) is 0.813. The molecule has 1 N–H and O–H groups in total. The van der Waals surface area contributed by atoms with Gasteiger partial charge in [-0.1, -0.05) is 39.3 Å². The van der Waals surface area contributed by atoms with Crippen molar-refractivity contribution in [2.24, 2.45) is 0 Å². The summed E-state index contributed by atoms with van der Waals surface area (Å²) in [6.07, 6.45) is 2.80. The minimum Gasteiger partial charge on any atom is -0.354 e. The van der Waals surface area contributed by atoms with E-state index >= 15 is 0 Å². The molecule has 128 valence electrons. The first-order valence-electron chi connectivity index (χ1n) is 8.35. The number of nitrogens with one attached hydrogen (secondary N) is 1. The lowest BCUT2D eigenvalue weighted by Gasteiger charge is -2.30. The number of benzene rings is 1. The Hall–Kier alpha value is -1.91. The standard InChI is InChI=1S/C18H27FN2O2/c1-4-7-12-20-18(23)16(5-2)21(17(22)6-3)13-14-8-10-15(19)11-9-14/h8-11,16H,4-7,12-13H2,1-3H3,(H,20,23)/t16-/m1/s1. The Morgan fingerprint density at radius 3 is 2.35 bits per heavy atom. The van der Waals surface area contributed by atoms with Crippen molar-refractivity contribution in [3.63, 3.8) is 0 Å². The summed E-state index contributed by atoms with van der Waals surface area (Å²) in [4.78, 5) is 26.3. The Kier molecular flexibility index (Phi) is 8.30. The summed E-state index contributed by atoms with van der Waals surface area (Å²) < 4.78 is 13.0.